The zero-order chi connectivity index (χ0) is 21.1. The second-order valence-electron chi connectivity index (χ2n) is 6.39. The van der Waals surface area contributed by atoms with Crippen molar-refractivity contribution in [2.75, 3.05) is 33.1 Å². The highest BCUT2D eigenvalue weighted by Gasteiger charge is 2.29. The highest BCUT2D eigenvalue weighted by Crippen LogP contribution is 2.43. The molecule has 1 aliphatic rings. The maximum absolute atomic E-state index is 12.2. The first-order chi connectivity index (χ1) is 13.9. The standard InChI is InChI=1S/C20H22N4O5/c1-4-29-20(26)24-6-5-14-13(10-24)17(12(9-21)19(22)23-14)11-7-15(25)18(28-3)16(8-11)27-2/h7-8,25H,4-6,10H2,1-3H3,(H2,22,23). The summed E-state index contributed by atoms with van der Waals surface area (Å²) in [4.78, 5) is 18.2. The summed E-state index contributed by atoms with van der Waals surface area (Å²) in [6.45, 7) is 2.65. The number of nitrogens with zero attached hydrogens (tertiary/aromatic N) is 3. The lowest BCUT2D eigenvalue weighted by atomic mass is 9.90. The lowest BCUT2D eigenvalue weighted by Gasteiger charge is -2.30. The van der Waals surface area contributed by atoms with Gasteiger partial charge < -0.3 is 30.0 Å². The van der Waals surface area contributed by atoms with Crippen molar-refractivity contribution in [3.63, 3.8) is 0 Å². The van der Waals surface area contributed by atoms with Gasteiger partial charge in [0.2, 0.25) is 5.75 Å². The fourth-order valence-electron chi connectivity index (χ4n) is 3.47. The number of fused-ring (bicyclic) bond motifs is 1. The van der Waals surface area contributed by atoms with E-state index in [9.17, 15) is 15.2 Å². The minimum atomic E-state index is -0.436. The average Bonchev–Trinajstić information content (AvgIpc) is 2.71. The van der Waals surface area contributed by atoms with Gasteiger partial charge in [0, 0.05) is 24.1 Å². The Kier molecular flexibility index (Phi) is 5.64. The Hall–Kier alpha value is -3.67. The zero-order valence-corrected chi connectivity index (χ0v) is 16.5. The van der Waals surface area contributed by atoms with Gasteiger partial charge in [-0.3, -0.25) is 0 Å². The molecule has 9 heteroatoms. The molecule has 0 radical (unpaired) electrons. The van der Waals surface area contributed by atoms with Gasteiger partial charge in [-0.05, 0) is 24.6 Å². The largest absolute Gasteiger partial charge is 0.504 e. The van der Waals surface area contributed by atoms with Gasteiger partial charge in [-0.1, -0.05) is 0 Å². The molecule has 29 heavy (non-hydrogen) atoms. The molecular weight excluding hydrogens is 376 g/mol. The molecule has 0 fully saturated rings. The van der Waals surface area contributed by atoms with Crippen molar-refractivity contribution in [3.8, 4) is 34.4 Å². The molecule has 1 aromatic heterocycles. The van der Waals surface area contributed by atoms with Gasteiger partial charge in [0.1, 0.15) is 17.5 Å². The van der Waals surface area contributed by atoms with E-state index in [1.165, 1.54) is 20.3 Å². The van der Waals surface area contributed by atoms with Crippen LogP contribution >= 0.6 is 0 Å². The number of carbonyl (C=O) groups excluding carboxylic acids is 1. The van der Waals surface area contributed by atoms with Crippen molar-refractivity contribution in [2.45, 2.75) is 19.9 Å². The van der Waals surface area contributed by atoms with E-state index in [1.807, 2.05) is 0 Å². The molecule has 0 saturated heterocycles. The molecule has 1 amide bonds. The molecule has 2 heterocycles. The summed E-state index contributed by atoms with van der Waals surface area (Å²) in [6, 6.07) is 5.21. The highest BCUT2D eigenvalue weighted by atomic mass is 16.6. The van der Waals surface area contributed by atoms with E-state index in [0.717, 1.165) is 0 Å². The summed E-state index contributed by atoms with van der Waals surface area (Å²) in [6.07, 6.45) is 0.0330. The number of hydrogen-bond acceptors (Lipinski definition) is 8. The summed E-state index contributed by atoms with van der Waals surface area (Å²) in [5.41, 5.74) is 8.60. The molecule has 0 bridgehead atoms. The highest BCUT2D eigenvalue weighted by molar-refractivity contribution is 5.82. The maximum Gasteiger partial charge on any atom is 0.410 e. The van der Waals surface area contributed by atoms with Crippen molar-refractivity contribution >= 4 is 11.9 Å². The lowest BCUT2D eigenvalue weighted by molar-refractivity contribution is 0.102. The number of rotatable bonds is 4. The van der Waals surface area contributed by atoms with Crippen LogP contribution in [0, 0.1) is 11.3 Å². The Balaban J connectivity index is 2.22. The topological polar surface area (TPSA) is 131 Å². The lowest BCUT2D eigenvalue weighted by Crippen LogP contribution is -2.37. The summed E-state index contributed by atoms with van der Waals surface area (Å²) < 4.78 is 15.6. The molecule has 152 valence electrons. The second kappa shape index (κ2) is 8.14. The first-order valence-electron chi connectivity index (χ1n) is 9.03. The number of phenolic OH excluding ortho intramolecular Hbond substituents is 1. The van der Waals surface area contributed by atoms with Crippen molar-refractivity contribution in [1.29, 1.82) is 5.26 Å². The number of nitrogens with two attached hydrogens (primary N) is 1. The van der Waals surface area contributed by atoms with Crippen LogP contribution in [0.3, 0.4) is 0 Å². The SMILES string of the molecule is CCOC(=O)N1CCc2nc(N)c(C#N)c(-c3cc(O)c(OC)c(OC)c3)c2C1. The Morgan fingerprint density at radius 2 is 2.14 bits per heavy atom. The van der Waals surface area contributed by atoms with Gasteiger partial charge in [0.05, 0.1) is 33.1 Å². The molecule has 1 aliphatic heterocycles. The van der Waals surface area contributed by atoms with Crippen LogP contribution in [0.4, 0.5) is 10.6 Å². The van der Waals surface area contributed by atoms with Gasteiger partial charge in [-0.25, -0.2) is 9.78 Å². The fraction of sp³-hybridized carbons (Fsp3) is 0.350. The molecule has 0 atom stereocenters. The molecule has 0 aliphatic carbocycles. The van der Waals surface area contributed by atoms with E-state index in [1.54, 1.807) is 17.9 Å². The Morgan fingerprint density at radius 1 is 1.38 bits per heavy atom. The first-order valence-corrected chi connectivity index (χ1v) is 9.03. The number of aromatic nitrogens is 1. The van der Waals surface area contributed by atoms with Gasteiger partial charge in [0.15, 0.2) is 11.5 Å². The zero-order valence-electron chi connectivity index (χ0n) is 16.5. The number of anilines is 1. The van der Waals surface area contributed by atoms with Crippen LogP contribution in [0.5, 0.6) is 17.2 Å². The Labute approximate surface area is 168 Å². The summed E-state index contributed by atoms with van der Waals surface area (Å²) in [7, 11) is 2.87. The molecular formula is C20H22N4O5. The molecule has 3 rings (SSSR count). The number of benzene rings is 1. The van der Waals surface area contributed by atoms with Gasteiger partial charge >= 0.3 is 6.09 Å². The first kappa shape index (κ1) is 20.1. The van der Waals surface area contributed by atoms with Crippen LogP contribution in [0.2, 0.25) is 0 Å². The number of methoxy groups -OCH3 is 2. The van der Waals surface area contributed by atoms with Crippen LogP contribution in [0.1, 0.15) is 23.7 Å². The number of hydrogen-bond donors (Lipinski definition) is 2. The summed E-state index contributed by atoms with van der Waals surface area (Å²) >= 11 is 0. The molecule has 3 N–H and O–H groups in total. The summed E-state index contributed by atoms with van der Waals surface area (Å²) in [5, 5.41) is 20.1. The quantitative estimate of drug-likeness (QED) is 0.803. The van der Waals surface area contributed by atoms with E-state index in [-0.39, 0.29) is 36.0 Å². The number of ether oxygens (including phenoxy) is 3. The third-order valence-electron chi connectivity index (χ3n) is 4.76. The van der Waals surface area contributed by atoms with Crippen LogP contribution in [0.25, 0.3) is 11.1 Å². The monoisotopic (exact) mass is 398 g/mol. The molecule has 0 unspecified atom stereocenters. The number of nitrogen functional groups attached to an aromatic ring is 1. The smallest absolute Gasteiger partial charge is 0.410 e. The van der Waals surface area contributed by atoms with Crippen LogP contribution < -0.4 is 15.2 Å². The maximum atomic E-state index is 12.2. The Morgan fingerprint density at radius 3 is 2.76 bits per heavy atom. The number of nitriles is 1. The van der Waals surface area contributed by atoms with Crippen LogP contribution in [0.15, 0.2) is 12.1 Å². The third-order valence-corrected chi connectivity index (χ3v) is 4.76. The summed E-state index contributed by atoms with van der Waals surface area (Å²) in [5.74, 6) is 0.431. The van der Waals surface area contributed by atoms with Crippen molar-refractivity contribution in [2.24, 2.45) is 0 Å². The number of pyridine rings is 1. The van der Waals surface area contributed by atoms with E-state index in [2.05, 4.69) is 11.1 Å². The predicted molar refractivity (Wildman–Crippen MR) is 105 cm³/mol. The Bertz CT molecular complexity index is 1000. The molecule has 0 saturated carbocycles. The predicted octanol–water partition coefficient (Wildman–Crippen LogP) is 2.44. The number of phenols is 1. The minimum Gasteiger partial charge on any atom is -0.504 e. The van der Waals surface area contributed by atoms with Crippen LogP contribution in [-0.4, -0.2) is 48.5 Å². The minimum absolute atomic E-state index is 0.0973. The van der Waals surface area contributed by atoms with Crippen molar-refractivity contribution < 1.29 is 24.1 Å². The van der Waals surface area contributed by atoms with E-state index in [4.69, 9.17) is 19.9 Å². The number of aromatic hydroxyl groups is 1. The molecule has 1 aromatic carbocycles. The van der Waals surface area contributed by atoms with Crippen LogP contribution in [-0.2, 0) is 17.7 Å². The average molecular weight is 398 g/mol. The molecule has 2 aromatic rings. The number of carbonyl (C=O) groups is 1. The van der Waals surface area contributed by atoms with E-state index >= 15 is 0 Å². The van der Waals surface area contributed by atoms with Crippen molar-refractivity contribution in [3.05, 3.63) is 29.0 Å². The molecule has 9 nitrogen and oxygen atoms in total. The normalized spacial score (nSPS) is 12.7. The second-order valence-corrected chi connectivity index (χ2v) is 6.39. The number of amides is 1. The van der Waals surface area contributed by atoms with Gasteiger partial charge in [-0.15, -0.1) is 0 Å². The van der Waals surface area contributed by atoms with Gasteiger partial charge in [-0.2, -0.15) is 5.26 Å². The third kappa shape index (κ3) is 3.57. The fourth-order valence-corrected chi connectivity index (χ4v) is 3.47. The van der Waals surface area contributed by atoms with Crippen molar-refractivity contribution in [1.82, 2.24) is 9.88 Å². The van der Waals surface area contributed by atoms with E-state index < -0.39 is 6.09 Å². The molecule has 0 spiro atoms. The van der Waals surface area contributed by atoms with Gasteiger partial charge in [0.25, 0.3) is 0 Å². The van der Waals surface area contributed by atoms with E-state index in [0.29, 0.717) is 41.1 Å².